The van der Waals surface area contributed by atoms with Crippen molar-refractivity contribution < 1.29 is 0 Å². The maximum absolute atomic E-state index is 5.99. The van der Waals surface area contributed by atoms with Crippen molar-refractivity contribution >= 4 is 35.3 Å². The molecular formula is C11H18Cl2N2S. The van der Waals surface area contributed by atoms with Crippen LogP contribution in [-0.2, 0) is 6.54 Å². The molecule has 1 fully saturated rings. The smallest absolute Gasteiger partial charge is 0.0931 e. The van der Waals surface area contributed by atoms with E-state index in [9.17, 15) is 0 Å². The lowest BCUT2D eigenvalue weighted by molar-refractivity contribution is 0.159. The number of rotatable bonds is 2. The van der Waals surface area contributed by atoms with Crippen LogP contribution >= 0.6 is 35.3 Å². The number of hydrogen-bond acceptors (Lipinski definition) is 3. The molecule has 92 valence electrons. The van der Waals surface area contributed by atoms with E-state index in [0.29, 0.717) is 12.0 Å². The molecule has 2 atom stereocenters. The molecule has 1 saturated heterocycles. The van der Waals surface area contributed by atoms with E-state index < -0.39 is 0 Å². The highest BCUT2D eigenvalue weighted by Gasteiger charge is 2.23. The van der Waals surface area contributed by atoms with Crippen molar-refractivity contribution in [3.63, 3.8) is 0 Å². The van der Waals surface area contributed by atoms with Crippen LogP contribution in [0.1, 0.15) is 18.2 Å². The molecule has 0 aliphatic carbocycles. The summed E-state index contributed by atoms with van der Waals surface area (Å²) in [5.74, 6) is 0.606. The van der Waals surface area contributed by atoms with Gasteiger partial charge in [0, 0.05) is 30.6 Å². The standard InChI is InChI=1S/C11H17ClN2S.ClH/c1-8-6-14(5-4-10(8)13)7-9-2-3-11(12)15-9;/h2-3,8,10H,4-7,13H2,1H3;1H. The summed E-state index contributed by atoms with van der Waals surface area (Å²) in [7, 11) is 0. The van der Waals surface area contributed by atoms with Crippen LogP contribution in [0.3, 0.4) is 0 Å². The molecule has 2 rings (SSSR count). The summed E-state index contributed by atoms with van der Waals surface area (Å²) in [6.45, 7) is 5.48. The van der Waals surface area contributed by atoms with E-state index >= 15 is 0 Å². The van der Waals surface area contributed by atoms with E-state index in [4.69, 9.17) is 17.3 Å². The number of nitrogens with two attached hydrogens (primary N) is 1. The predicted molar refractivity (Wildman–Crippen MR) is 73.6 cm³/mol. The van der Waals surface area contributed by atoms with Gasteiger partial charge in [0.1, 0.15) is 0 Å². The first kappa shape index (κ1) is 14.3. The number of likely N-dealkylation sites (tertiary alicyclic amines) is 1. The van der Waals surface area contributed by atoms with Gasteiger partial charge in [0.25, 0.3) is 0 Å². The molecule has 1 aromatic rings. The molecule has 1 aliphatic rings. The van der Waals surface area contributed by atoms with E-state index in [1.165, 1.54) is 4.88 Å². The maximum atomic E-state index is 5.99. The van der Waals surface area contributed by atoms with Crippen LogP contribution in [0, 0.1) is 5.92 Å². The highest BCUT2D eigenvalue weighted by molar-refractivity contribution is 7.16. The van der Waals surface area contributed by atoms with Crippen molar-refractivity contribution in [1.82, 2.24) is 4.90 Å². The molecule has 0 spiro atoms. The Kier molecular flexibility index (Phi) is 5.54. The average molecular weight is 281 g/mol. The van der Waals surface area contributed by atoms with E-state index in [1.54, 1.807) is 11.3 Å². The fraction of sp³-hybridized carbons (Fsp3) is 0.636. The van der Waals surface area contributed by atoms with E-state index in [0.717, 1.165) is 30.4 Å². The van der Waals surface area contributed by atoms with Crippen LogP contribution in [0.15, 0.2) is 12.1 Å². The first-order chi connectivity index (χ1) is 7.15. The monoisotopic (exact) mass is 280 g/mol. The Hall–Kier alpha value is 0.200. The zero-order valence-corrected chi connectivity index (χ0v) is 11.7. The lowest BCUT2D eigenvalue weighted by Gasteiger charge is -2.34. The second-order valence-corrected chi connectivity index (χ2v) is 6.17. The summed E-state index contributed by atoms with van der Waals surface area (Å²) in [6.07, 6.45) is 1.11. The Morgan fingerprint density at radius 1 is 1.56 bits per heavy atom. The third kappa shape index (κ3) is 3.60. The van der Waals surface area contributed by atoms with Crippen LogP contribution in [0.2, 0.25) is 4.34 Å². The third-order valence-electron chi connectivity index (χ3n) is 3.06. The number of piperidine rings is 1. The minimum atomic E-state index is 0. The van der Waals surface area contributed by atoms with Gasteiger partial charge in [-0.15, -0.1) is 23.7 Å². The highest BCUT2D eigenvalue weighted by atomic mass is 35.5. The van der Waals surface area contributed by atoms with E-state index in [2.05, 4.69) is 17.9 Å². The fourth-order valence-electron chi connectivity index (χ4n) is 2.05. The van der Waals surface area contributed by atoms with Gasteiger partial charge in [-0.25, -0.2) is 0 Å². The van der Waals surface area contributed by atoms with E-state index in [-0.39, 0.29) is 12.4 Å². The minimum Gasteiger partial charge on any atom is -0.327 e. The summed E-state index contributed by atoms with van der Waals surface area (Å²) in [5, 5.41) is 0. The Balaban J connectivity index is 0.00000128. The van der Waals surface area contributed by atoms with Crippen molar-refractivity contribution in [2.75, 3.05) is 13.1 Å². The Labute approximate surface area is 112 Å². The fourth-order valence-corrected chi connectivity index (χ4v) is 3.18. The summed E-state index contributed by atoms with van der Waals surface area (Å²) in [4.78, 5) is 3.82. The topological polar surface area (TPSA) is 29.3 Å². The quantitative estimate of drug-likeness (QED) is 0.903. The van der Waals surface area contributed by atoms with Gasteiger partial charge < -0.3 is 5.73 Å². The predicted octanol–water partition coefficient (Wildman–Crippen LogP) is 2.99. The molecule has 1 aromatic heterocycles. The molecule has 1 aliphatic heterocycles. The van der Waals surface area contributed by atoms with Crippen molar-refractivity contribution in [3.05, 3.63) is 21.3 Å². The summed E-state index contributed by atoms with van der Waals surface area (Å²) < 4.78 is 0.881. The van der Waals surface area contributed by atoms with E-state index in [1.807, 2.05) is 6.07 Å². The SMILES string of the molecule is CC1CN(Cc2ccc(Cl)s2)CCC1N.Cl. The van der Waals surface area contributed by atoms with Gasteiger partial charge in [0.2, 0.25) is 0 Å². The molecule has 2 heterocycles. The number of halogens is 2. The van der Waals surface area contributed by atoms with Crippen molar-refractivity contribution in [2.24, 2.45) is 11.7 Å². The summed E-state index contributed by atoms with van der Waals surface area (Å²) in [5.41, 5.74) is 5.99. The third-order valence-corrected chi connectivity index (χ3v) is 4.28. The first-order valence-electron chi connectivity index (χ1n) is 5.37. The number of thiophene rings is 1. The van der Waals surface area contributed by atoms with Crippen LogP contribution in [0.5, 0.6) is 0 Å². The molecule has 2 nitrogen and oxygen atoms in total. The zero-order chi connectivity index (χ0) is 10.8. The number of nitrogens with zero attached hydrogens (tertiary/aromatic N) is 1. The van der Waals surface area contributed by atoms with Gasteiger partial charge in [-0.05, 0) is 24.5 Å². The largest absolute Gasteiger partial charge is 0.327 e. The lowest BCUT2D eigenvalue weighted by Crippen LogP contribution is -2.45. The second kappa shape index (κ2) is 6.22. The minimum absolute atomic E-state index is 0. The molecule has 2 N–H and O–H groups in total. The summed E-state index contributed by atoms with van der Waals surface area (Å²) in [6, 6.07) is 4.47. The highest BCUT2D eigenvalue weighted by Crippen LogP contribution is 2.24. The van der Waals surface area contributed by atoms with Gasteiger partial charge in [-0.2, -0.15) is 0 Å². The van der Waals surface area contributed by atoms with Crippen LogP contribution in [0.4, 0.5) is 0 Å². The molecule has 0 bridgehead atoms. The molecule has 0 amide bonds. The lowest BCUT2D eigenvalue weighted by atomic mass is 9.95. The van der Waals surface area contributed by atoms with Gasteiger partial charge in [-0.3, -0.25) is 4.90 Å². The molecule has 2 unspecified atom stereocenters. The number of hydrogen-bond donors (Lipinski definition) is 1. The second-order valence-electron chi connectivity index (χ2n) is 4.37. The molecule has 0 aromatic carbocycles. The van der Waals surface area contributed by atoms with Gasteiger partial charge in [-0.1, -0.05) is 18.5 Å². The summed E-state index contributed by atoms with van der Waals surface area (Å²) >= 11 is 7.59. The Morgan fingerprint density at radius 3 is 2.88 bits per heavy atom. The van der Waals surface area contributed by atoms with Crippen molar-refractivity contribution in [3.8, 4) is 0 Å². The molecule has 16 heavy (non-hydrogen) atoms. The van der Waals surface area contributed by atoms with Gasteiger partial charge in [0.05, 0.1) is 4.34 Å². The first-order valence-corrected chi connectivity index (χ1v) is 6.57. The molecular weight excluding hydrogens is 263 g/mol. The maximum Gasteiger partial charge on any atom is 0.0931 e. The zero-order valence-electron chi connectivity index (χ0n) is 9.36. The van der Waals surface area contributed by atoms with Crippen LogP contribution in [0.25, 0.3) is 0 Å². The Morgan fingerprint density at radius 2 is 2.31 bits per heavy atom. The Bertz CT molecular complexity index is 330. The van der Waals surface area contributed by atoms with Crippen LogP contribution < -0.4 is 5.73 Å². The van der Waals surface area contributed by atoms with Gasteiger partial charge in [0.15, 0.2) is 0 Å². The van der Waals surface area contributed by atoms with Crippen molar-refractivity contribution in [1.29, 1.82) is 0 Å². The molecule has 5 heteroatoms. The van der Waals surface area contributed by atoms with Crippen molar-refractivity contribution in [2.45, 2.75) is 25.9 Å². The van der Waals surface area contributed by atoms with Gasteiger partial charge >= 0.3 is 0 Å². The molecule has 0 radical (unpaired) electrons. The normalized spacial score (nSPS) is 26.4. The average Bonchev–Trinajstić information content (AvgIpc) is 2.58. The van der Waals surface area contributed by atoms with Crippen LogP contribution in [-0.4, -0.2) is 24.0 Å². The molecule has 0 saturated carbocycles.